The minimum atomic E-state index is -0.688. The number of rotatable bonds is 2. The summed E-state index contributed by atoms with van der Waals surface area (Å²) < 4.78 is 8.52. The van der Waals surface area contributed by atoms with E-state index in [0.717, 1.165) is 23.9 Å². The van der Waals surface area contributed by atoms with Gasteiger partial charge >= 0.3 is 11.8 Å². The molecule has 1 atom stereocenters. The monoisotopic (exact) mass is 442 g/mol. The maximum absolute atomic E-state index is 12.9. The zero-order chi connectivity index (χ0) is 23.2. The molecule has 0 radical (unpaired) electrons. The van der Waals surface area contributed by atoms with Crippen LogP contribution < -0.4 is 11.0 Å². The molecule has 2 aromatic rings. The van der Waals surface area contributed by atoms with Crippen LogP contribution in [0.4, 0.5) is 4.79 Å². The molecule has 2 saturated heterocycles. The van der Waals surface area contributed by atoms with Gasteiger partial charge in [-0.05, 0) is 63.6 Å². The van der Waals surface area contributed by atoms with Crippen molar-refractivity contribution in [3.63, 3.8) is 0 Å². The second-order valence-electron chi connectivity index (χ2n) is 9.67. The molecule has 9 nitrogen and oxygen atoms in total. The summed E-state index contributed by atoms with van der Waals surface area (Å²) in [6, 6.07) is 5.20. The largest absolute Gasteiger partial charge is 0.444 e. The molecule has 172 valence electrons. The molecule has 0 spiro atoms. The van der Waals surface area contributed by atoms with E-state index in [1.165, 1.54) is 4.57 Å². The van der Waals surface area contributed by atoms with E-state index < -0.39 is 17.6 Å². The first-order valence-electron chi connectivity index (χ1n) is 11.1. The molecule has 1 N–H and O–H groups in total. The van der Waals surface area contributed by atoms with E-state index in [4.69, 9.17) is 4.74 Å². The summed E-state index contributed by atoms with van der Waals surface area (Å²) in [5.41, 5.74) is 1.76. The molecule has 2 aliphatic heterocycles. The zero-order valence-corrected chi connectivity index (χ0v) is 19.0. The molecule has 1 unspecified atom stereocenters. The van der Waals surface area contributed by atoms with Crippen molar-refractivity contribution in [2.24, 2.45) is 7.05 Å². The van der Waals surface area contributed by atoms with E-state index in [1.807, 2.05) is 39.0 Å². The Balaban J connectivity index is 1.55. The molecular formula is C23H30N4O5. The molecule has 0 bridgehead atoms. The third-order valence-electron chi connectivity index (χ3n) is 6.25. The number of fused-ring (bicyclic) bond motifs is 1. The predicted molar refractivity (Wildman–Crippen MR) is 118 cm³/mol. The summed E-state index contributed by atoms with van der Waals surface area (Å²) in [5, 5.41) is 2.33. The van der Waals surface area contributed by atoms with Gasteiger partial charge in [-0.3, -0.25) is 24.0 Å². The minimum absolute atomic E-state index is 0.216. The zero-order valence-electron chi connectivity index (χ0n) is 19.0. The second-order valence-corrected chi connectivity index (χ2v) is 9.67. The Morgan fingerprint density at radius 2 is 1.75 bits per heavy atom. The van der Waals surface area contributed by atoms with Crippen LogP contribution in [0.1, 0.15) is 64.0 Å². The molecule has 1 aromatic heterocycles. The van der Waals surface area contributed by atoms with Crippen molar-refractivity contribution in [2.75, 3.05) is 13.1 Å². The van der Waals surface area contributed by atoms with Crippen molar-refractivity contribution in [1.82, 2.24) is 19.4 Å². The molecule has 1 aromatic carbocycles. The first-order chi connectivity index (χ1) is 15.0. The van der Waals surface area contributed by atoms with Crippen LogP contribution in [0.2, 0.25) is 0 Å². The quantitative estimate of drug-likeness (QED) is 0.720. The second kappa shape index (κ2) is 8.11. The molecule has 3 amide bonds. The Kier molecular flexibility index (Phi) is 5.60. The van der Waals surface area contributed by atoms with Crippen LogP contribution in [0, 0.1) is 0 Å². The summed E-state index contributed by atoms with van der Waals surface area (Å²) in [6.07, 6.45) is 1.87. The number of hydrogen-bond acceptors (Lipinski definition) is 5. The Morgan fingerprint density at radius 3 is 2.38 bits per heavy atom. The lowest BCUT2D eigenvalue weighted by Gasteiger charge is -2.33. The Morgan fingerprint density at radius 1 is 1.06 bits per heavy atom. The predicted octanol–water partition coefficient (Wildman–Crippen LogP) is 2.43. The van der Waals surface area contributed by atoms with Gasteiger partial charge in [0, 0.05) is 26.6 Å². The van der Waals surface area contributed by atoms with Crippen LogP contribution >= 0.6 is 0 Å². The number of carbonyl (C=O) groups is 3. The van der Waals surface area contributed by atoms with Gasteiger partial charge < -0.3 is 9.64 Å². The van der Waals surface area contributed by atoms with Gasteiger partial charge in [-0.2, -0.15) is 0 Å². The number of nitrogens with one attached hydrogen (secondary N) is 1. The summed E-state index contributed by atoms with van der Waals surface area (Å²) in [6.45, 7) is 6.82. The first kappa shape index (κ1) is 22.1. The lowest BCUT2D eigenvalue weighted by Crippen LogP contribution is -2.44. The van der Waals surface area contributed by atoms with Crippen LogP contribution in [0.3, 0.4) is 0 Å². The lowest BCUT2D eigenvalue weighted by molar-refractivity contribution is -0.135. The van der Waals surface area contributed by atoms with Crippen molar-refractivity contribution in [2.45, 2.75) is 64.0 Å². The SMILES string of the molecule is Cn1c(=O)n(C2CCC(=O)NC2=O)c2ccc(C3CCN(C(=O)OC(C)(C)C)CC3)cc21. The summed E-state index contributed by atoms with van der Waals surface area (Å²) in [5.74, 6) is -0.471. The third-order valence-corrected chi connectivity index (χ3v) is 6.25. The number of nitrogens with zero attached hydrogens (tertiary/aromatic N) is 3. The van der Waals surface area contributed by atoms with Crippen LogP contribution in [-0.4, -0.2) is 50.6 Å². The van der Waals surface area contributed by atoms with E-state index in [0.29, 0.717) is 25.0 Å². The average Bonchev–Trinajstić information content (AvgIpc) is 2.97. The minimum Gasteiger partial charge on any atom is -0.444 e. The standard InChI is InChI=1S/C23H30N4O5/c1-23(2,3)32-22(31)26-11-9-14(10-12-26)15-5-6-16-18(13-15)25(4)21(30)27(16)17-7-8-19(28)24-20(17)29/h5-6,13-14,17H,7-12H2,1-4H3,(H,24,28,29). The summed E-state index contributed by atoms with van der Waals surface area (Å²) in [4.78, 5) is 50.9. The number of ether oxygens (including phenoxy) is 1. The lowest BCUT2D eigenvalue weighted by atomic mass is 9.89. The number of piperidine rings is 2. The maximum atomic E-state index is 12.9. The number of carbonyl (C=O) groups excluding carboxylic acids is 3. The van der Waals surface area contributed by atoms with E-state index in [2.05, 4.69) is 5.32 Å². The van der Waals surface area contributed by atoms with Gasteiger partial charge in [0.15, 0.2) is 0 Å². The van der Waals surface area contributed by atoms with Gasteiger partial charge in [-0.1, -0.05) is 6.07 Å². The molecule has 3 heterocycles. The van der Waals surface area contributed by atoms with Crippen molar-refractivity contribution >= 4 is 28.9 Å². The van der Waals surface area contributed by atoms with Crippen molar-refractivity contribution in [3.05, 3.63) is 34.2 Å². The molecule has 2 fully saturated rings. The number of benzene rings is 1. The van der Waals surface area contributed by atoms with E-state index >= 15 is 0 Å². The fourth-order valence-electron chi connectivity index (χ4n) is 4.59. The van der Waals surface area contributed by atoms with Gasteiger partial charge in [0.25, 0.3) is 0 Å². The number of likely N-dealkylation sites (tertiary alicyclic amines) is 1. The number of amides is 3. The summed E-state index contributed by atoms with van der Waals surface area (Å²) >= 11 is 0. The van der Waals surface area contributed by atoms with E-state index in [9.17, 15) is 19.2 Å². The van der Waals surface area contributed by atoms with Gasteiger partial charge in [0.1, 0.15) is 11.6 Å². The fourth-order valence-corrected chi connectivity index (χ4v) is 4.59. The highest BCUT2D eigenvalue weighted by atomic mass is 16.6. The number of imide groups is 1. The molecule has 0 aliphatic carbocycles. The van der Waals surface area contributed by atoms with Crippen molar-refractivity contribution in [1.29, 1.82) is 0 Å². The van der Waals surface area contributed by atoms with Crippen LogP contribution in [0.15, 0.2) is 23.0 Å². The van der Waals surface area contributed by atoms with Crippen LogP contribution in [0.5, 0.6) is 0 Å². The molecule has 32 heavy (non-hydrogen) atoms. The number of imidazole rings is 1. The Hall–Kier alpha value is -3.10. The van der Waals surface area contributed by atoms with E-state index in [1.54, 1.807) is 16.5 Å². The van der Waals surface area contributed by atoms with Gasteiger partial charge in [0.05, 0.1) is 11.0 Å². The molecule has 4 rings (SSSR count). The molecule has 2 aliphatic rings. The Bertz CT molecular complexity index is 1130. The van der Waals surface area contributed by atoms with Crippen molar-refractivity contribution in [3.8, 4) is 0 Å². The number of hydrogen-bond donors (Lipinski definition) is 1. The molecular weight excluding hydrogens is 412 g/mol. The summed E-state index contributed by atoms with van der Waals surface area (Å²) in [7, 11) is 1.70. The van der Waals surface area contributed by atoms with Gasteiger partial charge in [0.2, 0.25) is 11.8 Å². The van der Waals surface area contributed by atoms with Crippen LogP contribution in [0.25, 0.3) is 11.0 Å². The number of aromatic nitrogens is 2. The highest BCUT2D eigenvalue weighted by Gasteiger charge is 2.32. The smallest absolute Gasteiger partial charge is 0.410 e. The maximum Gasteiger partial charge on any atom is 0.410 e. The Labute approximate surface area is 186 Å². The molecule has 9 heteroatoms. The fraction of sp³-hybridized carbons (Fsp3) is 0.565. The third kappa shape index (κ3) is 4.16. The van der Waals surface area contributed by atoms with Crippen LogP contribution in [-0.2, 0) is 21.4 Å². The van der Waals surface area contributed by atoms with Gasteiger partial charge in [-0.15, -0.1) is 0 Å². The number of aryl methyl sites for hydroxylation is 1. The van der Waals surface area contributed by atoms with E-state index in [-0.39, 0.29) is 30.0 Å². The first-order valence-corrected chi connectivity index (χ1v) is 11.1. The normalized spacial score (nSPS) is 20.5. The topological polar surface area (TPSA) is 103 Å². The highest BCUT2D eigenvalue weighted by Crippen LogP contribution is 2.31. The van der Waals surface area contributed by atoms with Gasteiger partial charge in [-0.25, -0.2) is 9.59 Å². The molecule has 0 saturated carbocycles. The highest BCUT2D eigenvalue weighted by molar-refractivity contribution is 6.00. The average molecular weight is 443 g/mol. The van der Waals surface area contributed by atoms with Crippen molar-refractivity contribution < 1.29 is 19.1 Å².